The van der Waals surface area contributed by atoms with Gasteiger partial charge in [-0.15, -0.1) is 0 Å². The fourth-order valence-electron chi connectivity index (χ4n) is 9.26. The predicted molar refractivity (Wildman–Crippen MR) is 121 cm³/mol. The fraction of sp³-hybridized carbons (Fsp3) is 0.720. The van der Waals surface area contributed by atoms with Gasteiger partial charge < -0.3 is 55.3 Å². The molecule has 11 unspecified atom stereocenters. The van der Waals surface area contributed by atoms with Crippen LogP contribution in [0.5, 0.6) is 0 Å². The third-order valence-corrected chi connectivity index (χ3v) is 11.1. The second-order valence-corrected chi connectivity index (χ2v) is 11.9. The first kappa shape index (κ1) is 25.4. The van der Waals surface area contributed by atoms with Crippen LogP contribution in [0, 0.1) is 16.7 Å². The van der Waals surface area contributed by atoms with Gasteiger partial charge in [0.2, 0.25) is 0 Å². The highest BCUT2D eigenvalue weighted by molar-refractivity contribution is 5.87. The molecule has 3 saturated carbocycles. The van der Waals surface area contributed by atoms with Crippen molar-refractivity contribution in [3.63, 3.8) is 0 Å². The molecule has 37 heavy (non-hydrogen) atoms. The first-order valence-corrected chi connectivity index (χ1v) is 12.3. The molecule has 0 amide bonds. The standard InChI is InChI=1S/C25H33NO11/c1-12(9-27)22(33)17(36-16(30)14-5-4-8-26-14)23(34)18(2)11-21(32)19(22,3)25(23,35)24(37-21)15(29)13(10-28)6-7-20(18,24)31/h4-6,8,12,15,17,26-29,31-35H,7,9-11H2,1-3H3. The second kappa shape index (κ2) is 6.64. The molecule has 12 nitrogen and oxygen atoms in total. The molecular weight excluding hydrogens is 490 g/mol. The van der Waals surface area contributed by atoms with Crippen LogP contribution in [-0.2, 0) is 9.47 Å². The minimum Gasteiger partial charge on any atom is -0.451 e. The Kier molecular flexibility index (Phi) is 4.56. The Morgan fingerprint density at radius 1 is 1.22 bits per heavy atom. The van der Waals surface area contributed by atoms with Crippen LogP contribution in [0.2, 0.25) is 0 Å². The Balaban J connectivity index is 1.70. The molecule has 5 fully saturated rings. The van der Waals surface area contributed by atoms with Crippen molar-refractivity contribution in [2.24, 2.45) is 16.7 Å². The molecule has 204 valence electrons. The van der Waals surface area contributed by atoms with Gasteiger partial charge >= 0.3 is 5.97 Å². The SMILES string of the molecule is CC(CO)C1(O)C(OC(=O)c2ccc[nH]2)C2(O)C3(C)CC4(O)OC5(C(O)C(CO)=CCC35O)C2(O)C41C. The van der Waals surface area contributed by atoms with Crippen LogP contribution in [0.4, 0.5) is 0 Å². The summed E-state index contributed by atoms with van der Waals surface area (Å²) in [5.41, 5.74) is -17.2. The van der Waals surface area contributed by atoms with Crippen molar-refractivity contribution in [1.29, 1.82) is 0 Å². The van der Waals surface area contributed by atoms with Crippen molar-refractivity contribution < 1.29 is 55.1 Å². The number of aromatic amines is 1. The maximum atomic E-state index is 13.2. The van der Waals surface area contributed by atoms with E-state index in [0.29, 0.717) is 0 Å². The molecule has 7 rings (SSSR count). The first-order valence-electron chi connectivity index (χ1n) is 12.3. The average Bonchev–Trinajstić information content (AvgIpc) is 3.48. The average molecular weight is 524 g/mol. The molecule has 4 aliphatic carbocycles. The van der Waals surface area contributed by atoms with Crippen molar-refractivity contribution in [2.75, 3.05) is 13.2 Å². The van der Waals surface area contributed by atoms with Gasteiger partial charge in [-0.2, -0.15) is 0 Å². The van der Waals surface area contributed by atoms with E-state index in [1.54, 1.807) is 0 Å². The molecule has 12 heteroatoms. The number of H-pyrrole nitrogens is 1. The third kappa shape index (κ3) is 1.93. The molecule has 9 N–H and O–H groups in total. The molecule has 3 heterocycles. The van der Waals surface area contributed by atoms with Crippen molar-refractivity contribution in [2.45, 2.75) is 79.6 Å². The molecule has 11 atom stereocenters. The van der Waals surface area contributed by atoms with Gasteiger partial charge in [0.25, 0.3) is 0 Å². The molecule has 0 aromatic carbocycles. The minimum absolute atomic E-state index is 0.0243. The number of esters is 1. The molecule has 6 bridgehead atoms. The van der Waals surface area contributed by atoms with E-state index in [4.69, 9.17) is 9.47 Å². The van der Waals surface area contributed by atoms with Gasteiger partial charge in [0, 0.05) is 30.6 Å². The lowest BCUT2D eigenvalue weighted by atomic mass is 9.52. The van der Waals surface area contributed by atoms with Crippen LogP contribution in [0.3, 0.4) is 0 Å². The topological polar surface area (TPSA) is 213 Å². The van der Waals surface area contributed by atoms with E-state index in [0.717, 1.165) is 0 Å². The number of aliphatic hydroxyl groups excluding tert-OH is 3. The zero-order valence-electron chi connectivity index (χ0n) is 20.7. The normalized spacial score (nSPS) is 55.8. The van der Waals surface area contributed by atoms with E-state index >= 15 is 0 Å². The lowest BCUT2D eigenvalue weighted by Crippen LogP contribution is -2.74. The smallest absolute Gasteiger partial charge is 0.355 e. The highest BCUT2D eigenvalue weighted by Crippen LogP contribution is 2.90. The number of carbonyl (C=O) groups is 1. The molecule has 0 radical (unpaired) electrons. The summed E-state index contributed by atoms with van der Waals surface area (Å²) in [7, 11) is 0. The highest BCUT2D eigenvalue weighted by atomic mass is 16.7. The lowest BCUT2D eigenvalue weighted by molar-refractivity contribution is -0.380. The third-order valence-electron chi connectivity index (χ3n) is 11.1. The Hall–Kier alpha value is -1.87. The highest BCUT2D eigenvalue weighted by Gasteiger charge is 3.10. The summed E-state index contributed by atoms with van der Waals surface area (Å²) in [6.07, 6.45) is -1.89. The lowest BCUT2D eigenvalue weighted by Gasteiger charge is -2.59. The van der Waals surface area contributed by atoms with Gasteiger partial charge in [0.15, 0.2) is 17.5 Å². The molecule has 2 aliphatic heterocycles. The Morgan fingerprint density at radius 3 is 2.46 bits per heavy atom. The summed E-state index contributed by atoms with van der Waals surface area (Å²) in [6, 6.07) is 2.93. The maximum absolute atomic E-state index is 13.2. The van der Waals surface area contributed by atoms with Gasteiger partial charge in [-0.05, 0) is 31.1 Å². The molecular formula is C25H33NO11. The number of hydrogen-bond acceptors (Lipinski definition) is 11. The van der Waals surface area contributed by atoms with Crippen LogP contribution in [0.25, 0.3) is 0 Å². The molecule has 6 aliphatic rings. The molecule has 2 saturated heterocycles. The van der Waals surface area contributed by atoms with Crippen molar-refractivity contribution in [1.82, 2.24) is 4.98 Å². The monoisotopic (exact) mass is 523 g/mol. The van der Waals surface area contributed by atoms with Gasteiger partial charge in [-0.1, -0.05) is 19.9 Å². The minimum atomic E-state index is -2.85. The fourth-order valence-corrected chi connectivity index (χ4v) is 9.26. The van der Waals surface area contributed by atoms with Crippen molar-refractivity contribution >= 4 is 5.97 Å². The Bertz CT molecular complexity index is 1220. The Morgan fingerprint density at radius 2 is 1.89 bits per heavy atom. The van der Waals surface area contributed by atoms with E-state index in [9.17, 15) is 45.6 Å². The maximum Gasteiger partial charge on any atom is 0.355 e. The zero-order chi connectivity index (χ0) is 27.2. The number of rotatable bonds is 5. The van der Waals surface area contributed by atoms with E-state index in [1.807, 2.05) is 0 Å². The number of aromatic nitrogens is 1. The van der Waals surface area contributed by atoms with E-state index < -0.39 is 88.4 Å². The van der Waals surface area contributed by atoms with Gasteiger partial charge in [-0.3, -0.25) is 0 Å². The summed E-state index contributed by atoms with van der Waals surface area (Å²) in [4.78, 5) is 15.9. The summed E-state index contributed by atoms with van der Waals surface area (Å²) < 4.78 is 11.8. The summed E-state index contributed by atoms with van der Waals surface area (Å²) in [5.74, 6) is -4.69. The molecule has 1 aromatic heterocycles. The van der Waals surface area contributed by atoms with Gasteiger partial charge in [0.1, 0.15) is 34.2 Å². The van der Waals surface area contributed by atoms with E-state index in [1.165, 1.54) is 45.2 Å². The van der Waals surface area contributed by atoms with Crippen LogP contribution in [0.15, 0.2) is 30.0 Å². The van der Waals surface area contributed by atoms with Crippen molar-refractivity contribution in [3.05, 3.63) is 35.7 Å². The number of nitrogens with one attached hydrogen (secondary N) is 1. The number of carbonyl (C=O) groups excluding carboxylic acids is 1. The zero-order valence-corrected chi connectivity index (χ0v) is 20.7. The number of aliphatic hydroxyl groups is 8. The molecule has 1 aromatic rings. The van der Waals surface area contributed by atoms with E-state index in [2.05, 4.69) is 4.98 Å². The van der Waals surface area contributed by atoms with E-state index in [-0.39, 0.29) is 17.7 Å². The van der Waals surface area contributed by atoms with Crippen molar-refractivity contribution in [3.8, 4) is 0 Å². The summed E-state index contributed by atoms with van der Waals surface area (Å²) in [6.45, 7) is 2.62. The number of ether oxygens (including phenoxy) is 2. The second-order valence-electron chi connectivity index (χ2n) is 11.9. The van der Waals surface area contributed by atoms with Crippen LogP contribution in [-0.4, -0.2) is 111 Å². The van der Waals surface area contributed by atoms with Gasteiger partial charge in [0.05, 0.1) is 12.0 Å². The molecule has 1 spiro atoms. The Labute approximate surface area is 211 Å². The van der Waals surface area contributed by atoms with Crippen LogP contribution < -0.4 is 0 Å². The van der Waals surface area contributed by atoms with Crippen LogP contribution in [0.1, 0.15) is 44.1 Å². The van der Waals surface area contributed by atoms with Crippen LogP contribution >= 0.6 is 0 Å². The largest absolute Gasteiger partial charge is 0.451 e. The summed E-state index contributed by atoms with van der Waals surface area (Å²) in [5, 5.41) is 94.0. The summed E-state index contributed by atoms with van der Waals surface area (Å²) >= 11 is 0. The number of hydrogen-bond donors (Lipinski definition) is 9. The first-order chi connectivity index (χ1) is 17.1. The quantitative estimate of drug-likeness (QED) is 0.148. The predicted octanol–water partition coefficient (Wildman–Crippen LogP) is -2.32. The van der Waals surface area contributed by atoms with Gasteiger partial charge in [-0.25, -0.2) is 4.79 Å².